The molecule has 2 aromatic carbocycles. The van der Waals surface area contributed by atoms with Gasteiger partial charge >= 0.3 is 0 Å². The van der Waals surface area contributed by atoms with E-state index in [2.05, 4.69) is 10.3 Å². The third kappa shape index (κ3) is 4.08. The molecule has 0 aliphatic carbocycles. The smallest absolute Gasteiger partial charge is 0.273 e. The Kier molecular flexibility index (Phi) is 4.72. The monoisotopic (exact) mass is 344 g/mol. The molecular weight excluding hydrogens is 332 g/mol. The highest BCUT2D eigenvalue weighted by molar-refractivity contribution is 6.30. The van der Waals surface area contributed by atoms with Gasteiger partial charge in [-0.25, -0.2) is 4.68 Å². The van der Waals surface area contributed by atoms with Crippen LogP contribution < -0.4 is 4.74 Å². The van der Waals surface area contributed by atoms with Crippen LogP contribution in [0.5, 0.6) is 5.75 Å². The van der Waals surface area contributed by atoms with E-state index in [1.807, 2.05) is 24.3 Å². The molecule has 0 atom stereocenters. The molecule has 1 heterocycles. The minimum atomic E-state index is -0.463. The van der Waals surface area contributed by atoms with Gasteiger partial charge in [0.05, 0.1) is 23.7 Å². The quantitative estimate of drug-likeness (QED) is 0.505. The van der Waals surface area contributed by atoms with Crippen LogP contribution in [0.1, 0.15) is 11.3 Å². The molecule has 3 rings (SSSR count). The number of nitro groups is 1. The van der Waals surface area contributed by atoms with Gasteiger partial charge in [0.2, 0.25) is 0 Å². The Balaban J connectivity index is 1.61. The molecule has 0 saturated heterocycles. The zero-order valence-corrected chi connectivity index (χ0v) is 13.3. The second-order valence-electron chi connectivity index (χ2n) is 5.08. The minimum absolute atomic E-state index is 0.0149. The molecule has 1 aromatic heterocycles. The number of rotatable bonds is 6. The number of nitro benzene ring substituents is 1. The molecule has 8 heteroatoms. The zero-order chi connectivity index (χ0) is 16.9. The molecule has 0 aliphatic heterocycles. The van der Waals surface area contributed by atoms with Gasteiger partial charge in [-0.3, -0.25) is 10.1 Å². The summed E-state index contributed by atoms with van der Waals surface area (Å²) in [7, 11) is 0. The fourth-order valence-corrected chi connectivity index (χ4v) is 2.23. The topological polar surface area (TPSA) is 83.1 Å². The molecule has 7 nitrogen and oxygen atoms in total. The first-order valence-corrected chi connectivity index (χ1v) is 7.49. The van der Waals surface area contributed by atoms with E-state index in [1.165, 1.54) is 12.1 Å². The molecule has 24 heavy (non-hydrogen) atoms. The molecule has 0 radical (unpaired) electrons. The van der Waals surface area contributed by atoms with E-state index in [0.717, 1.165) is 5.56 Å². The number of halogens is 1. The molecule has 0 saturated carbocycles. The third-order valence-corrected chi connectivity index (χ3v) is 3.51. The van der Waals surface area contributed by atoms with Crippen molar-refractivity contribution < 1.29 is 9.66 Å². The fourth-order valence-electron chi connectivity index (χ4n) is 2.10. The van der Waals surface area contributed by atoms with Gasteiger partial charge in [-0.05, 0) is 23.8 Å². The van der Waals surface area contributed by atoms with E-state index in [4.69, 9.17) is 16.3 Å². The number of ether oxygens (including phenoxy) is 1. The van der Waals surface area contributed by atoms with Crippen molar-refractivity contribution in [3.63, 3.8) is 0 Å². The molecule has 0 fully saturated rings. The molecular formula is C16H13ClN4O3. The van der Waals surface area contributed by atoms with Crippen LogP contribution in [-0.2, 0) is 13.2 Å². The van der Waals surface area contributed by atoms with Crippen LogP contribution in [-0.4, -0.2) is 19.9 Å². The molecule has 0 spiro atoms. The maximum absolute atomic E-state index is 10.7. The Morgan fingerprint density at radius 3 is 2.75 bits per heavy atom. The van der Waals surface area contributed by atoms with E-state index in [9.17, 15) is 10.1 Å². The molecule has 0 aliphatic rings. The summed E-state index contributed by atoms with van der Waals surface area (Å²) in [4.78, 5) is 10.3. The summed E-state index contributed by atoms with van der Waals surface area (Å²) in [5, 5.41) is 19.5. The van der Waals surface area contributed by atoms with Crippen molar-refractivity contribution in [2.75, 3.05) is 0 Å². The number of hydrogen-bond donors (Lipinski definition) is 0. The first-order valence-electron chi connectivity index (χ1n) is 7.11. The van der Waals surface area contributed by atoms with Crippen molar-refractivity contribution >= 4 is 17.3 Å². The zero-order valence-electron chi connectivity index (χ0n) is 12.5. The molecule has 3 aromatic rings. The summed E-state index contributed by atoms with van der Waals surface area (Å²) in [6, 6.07) is 13.5. The van der Waals surface area contributed by atoms with Gasteiger partial charge in [0.25, 0.3) is 5.69 Å². The number of non-ortho nitro benzene ring substituents is 1. The average molecular weight is 345 g/mol. The second-order valence-corrected chi connectivity index (χ2v) is 5.51. The Labute approximate surface area is 142 Å². The van der Waals surface area contributed by atoms with Crippen LogP contribution in [0.3, 0.4) is 0 Å². The molecule has 0 amide bonds. The lowest BCUT2D eigenvalue weighted by atomic mass is 10.2. The standard InChI is InChI=1S/C16H13ClN4O3/c17-13-6-4-12(5-7-13)9-20-10-14(18-19-20)11-24-16-3-1-2-15(8-16)21(22)23/h1-8,10H,9,11H2. The van der Waals surface area contributed by atoms with Gasteiger partial charge in [-0.15, -0.1) is 5.10 Å². The van der Waals surface area contributed by atoms with E-state index in [0.29, 0.717) is 23.0 Å². The predicted molar refractivity (Wildman–Crippen MR) is 88.0 cm³/mol. The van der Waals surface area contributed by atoms with Crippen LogP contribution in [0.25, 0.3) is 0 Å². The summed E-state index contributed by atoms with van der Waals surface area (Å²) in [5.41, 5.74) is 1.67. The van der Waals surface area contributed by atoms with Gasteiger partial charge in [-0.2, -0.15) is 0 Å². The Bertz CT molecular complexity index is 849. The highest BCUT2D eigenvalue weighted by atomic mass is 35.5. The summed E-state index contributed by atoms with van der Waals surface area (Å²) in [6.07, 6.45) is 1.77. The second kappa shape index (κ2) is 7.10. The SMILES string of the molecule is O=[N+]([O-])c1cccc(OCc2cn(Cc3ccc(Cl)cc3)nn2)c1. The summed E-state index contributed by atoms with van der Waals surface area (Å²) in [5.74, 6) is 0.413. The summed E-state index contributed by atoms with van der Waals surface area (Å²) in [6.45, 7) is 0.753. The van der Waals surface area contributed by atoms with Crippen molar-refractivity contribution in [2.24, 2.45) is 0 Å². The van der Waals surface area contributed by atoms with Crippen molar-refractivity contribution in [3.05, 3.63) is 81.1 Å². The maximum atomic E-state index is 10.7. The van der Waals surface area contributed by atoms with E-state index < -0.39 is 4.92 Å². The van der Waals surface area contributed by atoms with Gasteiger partial charge in [0.1, 0.15) is 18.1 Å². The predicted octanol–water partition coefficient (Wildman–Crippen LogP) is 3.47. The van der Waals surface area contributed by atoms with Crippen LogP contribution in [0.4, 0.5) is 5.69 Å². The lowest BCUT2D eigenvalue weighted by Crippen LogP contribution is -2.00. The molecule has 0 unspecified atom stereocenters. The number of benzene rings is 2. The van der Waals surface area contributed by atoms with Gasteiger partial charge in [-0.1, -0.05) is 35.0 Å². The van der Waals surface area contributed by atoms with Gasteiger partial charge in [0.15, 0.2) is 0 Å². The van der Waals surface area contributed by atoms with E-state index >= 15 is 0 Å². The van der Waals surface area contributed by atoms with Crippen molar-refractivity contribution in [1.29, 1.82) is 0 Å². The molecule has 0 N–H and O–H groups in total. The third-order valence-electron chi connectivity index (χ3n) is 3.26. The van der Waals surface area contributed by atoms with Gasteiger partial charge < -0.3 is 4.74 Å². The number of hydrogen-bond acceptors (Lipinski definition) is 5. The van der Waals surface area contributed by atoms with Crippen molar-refractivity contribution in [3.8, 4) is 5.75 Å². The van der Waals surface area contributed by atoms with Crippen molar-refractivity contribution in [2.45, 2.75) is 13.2 Å². The maximum Gasteiger partial charge on any atom is 0.273 e. The number of aromatic nitrogens is 3. The van der Waals surface area contributed by atoms with E-state index in [-0.39, 0.29) is 12.3 Å². The highest BCUT2D eigenvalue weighted by Gasteiger charge is 2.08. The van der Waals surface area contributed by atoms with Crippen LogP contribution in [0.2, 0.25) is 5.02 Å². The Hall–Kier alpha value is -2.93. The lowest BCUT2D eigenvalue weighted by Gasteiger charge is -2.03. The molecule has 122 valence electrons. The number of nitrogens with zero attached hydrogens (tertiary/aromatic N) is 4. The Morgan fingerprint density at radius 2 is 2.00 bits per heavy atom. The van der Waals surface area contributed by atoms with Crippen LogP contribution >= 0.6 is 11.6 Å². The fraction of sp³-hybridized carbons (Fsp3) is 0.125. The summed E-state index contributed by atoms with van der Waals surface area (Å²) < 4.78 is 7.21. The van der Waals surface area contributed by atoms with Crippen molar-refractivity contribution in [1.82, 2.24) is 15.0 Å². The van der Waals surface area contributed by atoms with E-state index in [1.54, 1.807) is 23.0 Å². The first kappa shape index (κ1) is 15.9. The average Bonchev–Trinajstić information content (AvgIpc) is 3.03. The lowest BCUT2D eigenvalue weighted by molar-refractivity contribution is -0.384. The summed E-state index contributed by atoms with van der Waals surface area (Å²) >= 11 is 5.86. The van der Waals surface area contributed by atoms with Crippen LogP contribution in [0, 0.1) is 10.1 Å². The molecule has 0 bridgehead atoms. The van der Waals surface area contributed by atoms with Gasteiger partial charge in [0, 0.05) is 11.1 Å². The normalized spacial score (nSPS) is 10.5. The van der Waals surface area contributed by atoms with Crippen LogP contribution in [0.15, 0.2) is 54.7 Å². The first-order chi connectivity index (χ1) is 11.6. The largest absolute Gasteiger partial charge is 0.487 e. The minimum Gasteiger partial charge on any atom is -0.487 e. The highest BCUT2D eigenvalue weighted by Crippen LogP contribution is 2.19. The Morgan fingerprint density at radius 1 is 1.21 bits per heavy atom.